The molecule has 0 atom stereocenters. The summed E-state index contributed by atoms with van der Waals surface area (Å²) in [6, 6.07) is 58.0. The Morgan fingerprint density at radius 2 is 1.05 bits per heavy atom. The molecular formula is C59H55N. The molecule has 6 aromatic rings. The molecule has 0 amide bonds. The Kier molecular flexibility index (Phi) is 12.1. The van der Waals surface area contributed by atoms with E-state index in [1.807, 2.05) is 39.8 Å². The molecule has 1 nitrogen and oxygen atoms in total. The van der Waals surface area contributed by atoms with Crippen molar-refractivity contribution in [3.05, 3.63) is 257 Å². The molecule has 1 spiro atoms. The molecule has 6 aromatic carbocycles. The molecule has 1 heteroatoms. The van der Waals surface area contributed by atoms with E-state index in [9.17, 15) is 0 Å². The van der Waals surface area contributed by atoms with Crippen molar-refractivity contribution in [3.63, 3.8) is 0 Å². The second kappa shape index (κ2) is 18.1. The van der Waals surface area contributed by atoms with Crippen molar-refractivity contribution in [2.24, 2.45) is 0 Å². The van der Waals surface area contributed by atoms with Crippen LogP contribution in [-0.2, 0) is 5.41 Å². The zero-order valence-corrected chi connectivity index (χ0v) is 35.5. The van der Waals surface area contributed by atoms with Crippen LogP contribution in [0.4, 0.5) is 5.69 Å². The highest BCUT2D eigenvalue weighted by atomic mass is 15.2. The lowest BCUT2D eigenvalue weighted by molar-refractivity contribution is 0.775. The van der Waals surface area contributed by atoms with Gasteiger partial charge in [0.05, 0.1) is 5.41 Å². The lowest BCUT2D eigenvalue weighted by Crippen LogP contribution is -2.28. The maximum absolute atomic E-state index is 4.02. The van der Waals surface area contributed by atoms with Gasteiger partial charge in [0.2, 0.25) is 0 Å². The topological polar surface area (TPSA) is 3.24 Å². The van der Waals surface area contributed by atoms with Crippen LogP contribution >= 0.6 is 0 Å². The fraction of sp³-hybridized carbons (Fsp3) is 0.153. The van der Waals surface area contributed by atoms with Gasteiger partial charge in [0, 0.05) is 17.1 Å². The molecule has 0 aliphatic heterocycles. The first-order chi connectivity index (χ1) is 29.8. The second-order valence-corrected chi connectivity index (χ2v) is 15.1. The van der Waals surface area contributed by atoms with Gasteiger partial charge in [0.1, 0.15) is 0 Å². The van der Waals surface area contributed by atoms with Crippen LogP contribution in [0.1, 0.15) is 81.2 Å². The molecule has 10 rings (SSSR count). The molecule has 0 aromatic heterocycles. The Morgan fingerprint density at radius 1 is 0.517 bits per heavy atom. The summed E-state index contributed by atoms with van der Waals surface area (Å²) in [7, 11) is 0. The Bertz CT molecular complexity index is 2630. The van der Waals surface area contributed by atoms with Crippen LogP contribution in [0.2, 0.25) is 0 Å². The SMILES string of the molecule is C=C/C=C\C=C(/C1=CC2=C(CC1)c1ccccc1C21c2ccccc2-c2ccccc21)N(C1=CC=C(c2ccccc2)CC1)c1ccc(-c2ccccc2)cc1.CC.CC. The number of hydrogen-bond donors (Lipinski definition) is 0. The highest BCUT2D eigenvalue weighted by Crippen LogP contribution is 2.64. The lowest BCUT2D eigenvalue weighted by atomic mass is 9.68. The number of rotatable bonds is 8. The molecule has 0 fully saturated rings. The van der Waals surface area contributed by atoms with Gasteiger partial charge in [0.25, 0.3) is 0 Å². The number of hydrogen-bond acceptors (Lipinski definition) is 1. The van der Waals surface area contributed by atoms with Crippen molar-refractivity contribution in [3.8, 4) is 22.3 Å². The van der Waals surface area contributed by atoms with E-state index in [1.54, 1.807) is 0 Å². The molecule has 0 saturated carbocycles. The summed E-state index contributed by atoms with van der Waals surface area (Å²) < 4.78 is 0. The van der Waals surface area contributed by atoms with Crippen LogP contribution in [0.25, 0.3) is 33.4 Å². The van der Waals surface area contributed by atoms with Gasteiger partial charge in [0.15, 0.2) is 0 Å². The largest absolute Gasteiger partial charge is 0.314 e. The first-order valence-corrected chi connectivity index (χ1v) is 21.9. The number of benzene rings is 6. The number of anilines is 1. The average molecular weight is 778 g/mol. The summed E-state index contributed by atoms with van der Waals surface area (Å²) in [5, 5.41) is 0. The molecule has 296 valence electrons. The van der Waals surface area contributed by atoms with Gasteiger partial charge < -0.3 is 4.90 Å². The van der Waals surface area contributed by atoms with Crippen LogP contribution in [-0.4, -0.2) is 0 Å². The van der Waals surface area contributed by atoms with Gasteiger partial charge >= 0.3 is 0 Å². The molecule has 0 unspecified atom stereocenters. The summed E-state index contributed by atoms with van der Waals surface area (Å²) in [5.41, 5.74) is 20.9. The van der Waals surface area contributed by atoms with Crippen molar-refractivity contribution in [1.82, 2.24) is 0 Å². The average Bonchev–Trinajstić information content (AvgIpc) is 3.80. The van der Waals surface area contributed by atoms with E-state index in [-0.39, 0.29) is 5.41 Å². The van der Waals surface area contributed by atoms with Gasteiger partial charge in [-0.1, -0.05) is 210 Å². The van der Waals surface area contributed by atoms with Gasteiger partial charge in [-0.15, -0.1) is 0 Å². The molecule has 0 heterocycles. The monoisotopic (exact) mass is 777 g/mol. The Hall–Kier alpha value is -6.70. The zero-order chi connectivity index (χ0) is 41.5. The van der Waals surface area contributed by atoms with Crippen molar-refractivity contribution < 1.29 is 0 Å². The highest BCUT2D eigenvalue weighted by Gasteiger charge is 2.52. The van der Waals surface area contributed by atoms with E-state index < -0.39 is 0 Å². The fourth-order valence-corrected chi connectivity index (χ4v) is 9.73. The minimum absolute atomic E-state index is 0.369. The van der Waals surface area contributed by atoms with Crippen LogP contribution in [0.5, 0.6) is 0 Å². The maximum atomic E-state index is 4.02. The summed E-state index contributed by atoms with van der Waals surface area (Å²) in [6.07, 6.45) is 19.5. The first-order valence-electron chi connectivity index (χ1n) is 21.9. The zero-order valence-electron chi connectivity index (χ0n) is 35.5. The van der Waals surface area contributed by atoms with E-state index in [2.05, 4.69) is 200 Å². The van der Waals surface area contributed by atoms with E-state index in [1.165, 1.54) is 83.8 Å². The second-order valence-electron chi connectivity index (χ2n) is 15.1. The maximum Gasteiger partial charge on any atom is 0.0722 e. The number of fused-ring (bicyclic) bond motifs is 9. The van der Waals surface area contributed by atoms with Crippen molar-refractivity contribution in [2.75, 3.05) is 4.90 Å². The normalized spacial score (nSPS) is 15.5. The molecule has 60 heavy (non-hydrogen) atoms. The molecule has 4 aliphatic rings. The summed E-state index contributed by atoms with van der Waals surface area (Å²) in [5.74, 6) is 0. The van der Waals surface area contributed by atoms with E-state index in [4.69, 9.17) is 0 Å². The predicted molar refractivity (Wildman–Crippen MR) is 259 cm³/mol. The number of nitrogens with zero attached hydrogens (tertiary/aromatic N) is 1. The standard InChI is InChI=1S/C55H43N.2C2H6/c1-2-3-6-27-54(56(44-33-28-41(29-34-44)39-17-7-4-8-18-39)45-35-30-42(31-36-45)40-19-9-5-10-20-40)43-32-37-49-48-23-13-16-26-52(48)55(53(49)38-43)50-24-14-11-21-46(50)47-22-12-15-25-51(47)55;2*1-2/h2-30,33-35,38H,1,31-32,36-37H2;2*1-2H3/b6-3-,54-27+;;. The Morgan fingerprint density at radius 3 is 1.63 bits per heavy atom. The predicted octanol–water partition coefficient (Wildman–Crippen LogP) is 16.1. The van der Waals surface area contributed by atoms with E-state index in [0.29, 0.717) is 0 Å². The molecule has 0 bridgehead atoms. The summed E-state index contributed by atoms with van der Waals surface area (Å²) >= 11 is 0. The van der Waals surface area contributed by atoms with Gasteiger partial charge in [-0.2, -0.15) is 0 Å². The van der Waals surface area contributed by atoms with Crippen LogP contribution in [0, 0.1) is 0 Å². The molecule has 0 N–H and O–H groups in total. The first kappa shape index (κ1) is 40.1. The third-order valence-electron chi connectivity index (χ3n) is 12.2. The highest BCUT2D eigenvalue weighted by molar-refractivity contribution is 5.96. The van der Waals surface area contributed by atoms with E-state index in [0.717, 1.165) is 31.4 Å². The Labute approximate surface area is 358 Å². The molecule has 4 aliphatic carbocycles. The van der Waals surface area contributed by atoms with Crippen LogP contribution in [0.15, 0.2) is 229 Å². The van der Waals surface area contributed by atoms with Gasteiger partial charge in [-0.05, 0) is 122 Å². The third-order valence-corrected chi connectivity index (χ3v) is 12.2. The van der Waals surface area contributed by atoms with E-state index >= 15 is 0 Å². The Balaban J connectivity index is 0.00000121. The van der Waals surface area contributed by atoms with Crippen LogP contribution < -0.4 is 4.90 Å². The van der Waals surface area contributed by atoms with Gasteiger partial charge in [-0.25, -0.2) is 0 Å². The lowest BCUT2D eigenvalue weighted by Gasteiger charge is -2.36. The summed E-state index contributed by atoms with van der Waals surface area (Å²) in [6.45, 7) is 12.0. The molecular weight excluding hydrogens is 723 g/mol. The van der Waals surface area contributed by atoms with Crippen molar-refractivity contribution >= 4 is 16.8 Å². The van der Waals surface area contributed by atoms with Crippen molar-refractivity contribution in [1.29, 1.82) is 0 Å². The minimum atomic E-state index is -0.369. The minimum Gasteiger partial charge on any atom is -0.314 e. The van der Waals surface area contributed by atoms with Crippen molar-refractivity contribution in [2.45, 2.75) is 58.8 Å². The fourth-order valence-electron chi connectivity index (χ4n) is 9.73. The van der Waals surface area contributed by atoms with Crippen LogP contribution in [0.3, 0.4) is 0 Å². The summed E-state index contributed by atoms with van der Waals surface area (Å²) in [4.78, 5) is 2.53. The third kappa shape index (κ3) is 6.99. The van der Waals surface area contributed by atoms with Gasteiger partial charge in [-0.3, -0.25) is 0 Å². The number of allylic oxidation sites excluding steroid dienone is 12. The molecule has 0 saturated heterocycles. The smallest absolute Gasteiger partial charge is 0.0722 e. The quantitative estimate of drug-likeness (QED) is 0.139. The molecule has 0 radical (unpaired) electrons.